The first-order valence-electron chi connectivity index (χ1n) is 20.2. The van der Waals surface area contributed by atoms with Gasteiger partial charge >= 0.3 is 6.18 Å². The van der Waals surface area contributed by atoms with Crippen molar-refractivity contribution in [3.8, 4) is 11.8 Å². The van der Waals surface area contributed by atoms with Gasteiger partial charge in [0.2, 0.25) is 17.7 Å². The van der Waals surface area contributed by atoms with Crippen LogP contribution in [0, 0.1) is 17.2 Å². The van der Waals surface area contributed by atoms with Crippen LogP contribution in [0.15, 0.2) is 54.7 Å². The van der Waals surface area contributed by atoms with Gasteiger partial charge in [0.05, 0.1) is 30.6 Å². The number of likely N-dealkylation sites (tertiary alicyclic amines) is 1. The third kappa shape index (κ3) is 8.53. The van der Waals surface area contributed by atoms with E-state index in [0.29, 0.717) is 61.0 Å². The maximum atomic E-state index is 14.0. The molecule has 3 N–H and O–H groups in total. The number of piperidine rings is 2. The van der Waals surface area contributed by atoms with Crippen LogP contribution < -0.4 is 30.5 Å². The van der Waals surface area contributed by atoms with E-state index in [1.54, 1.807) is 23.1 Å². The summed E-state index contributed by atoms with van der Waals surface area (Å²) in [6.45, 7) is 7.71. The number of carbonyl (C=O) groups is 4. The average molecular weight is 845 g/mol. The topological polar surface area (TPSA) is 160 Å². The van der Waals surface area contributed by atoms with Gasteiger partial charge in [-0.1, -0.05) is 13.0 Å². The SMILES string of the molecule is CCc1cc(N2C(=S)N(c3cnc(C#N)c(C(F)(F)F)c3)C(=O)C23CCC3)ccc1OCC[C@@H]1CCN(CC(=O)Nc2cccc(NC3CCC(=O)NC3=O)c2)C(C)(C)C1. The van der Waals surface area contributed by atoms with Crippen LogP contribution in [0.3, 0.4) is 0 Å². The molecule has 4 amide bonds. The predicted octanol–water partition coefficient (Wildman–Crippen LogP) is 6.71. The lowest BCUT2D eigenvalue weighted by Crippen LogP contribution is -2.55. The number of hydrogen-bond donors (Lipinski definition) is 3. The van der Waals surface area contributed by atoms with E-state index in [1.807, 2.05) is 31.2 Å². The number of pyridine rings is 1. The molecule has 1 unspecified atom stereocenters. The summed E-state index contributed by atoms with van der Waals surface area (Å²) in [6, 6.07) is 14.5. The van der Waals surface area contributed by atoms with Crippen LogP contribution >= 0.6 is 12.2 Å². The second kappa shape index (κ2) is 16.8. The van der Waals surface area contributed by atoms with E-state index in [-0.39, 0.29) is 47.0 Å². The van der Waals surface area contributed by atoms with E-state index in [0.717, 1.165) is 55.0 Å². The Morgan fingerprint density at radius 1 is 1.08 bits per heavy atom. The van der Waals surface area contributed by atoms with Crippen LogP contribution in [0.25, 0.3) is 0 Å². The average Bonchev–Trinajstić information content (AvgIpc) is 3.42. The molecule has 60 heavy (non-hydrogen) atoms. The van der Waals surface area contributed by atoms with Gasteiger partial charge in [0.1, 0.15) is 23.4 Å². The number of imide groups is 1. The minimum Gasteiger partial charge on any atom is -0.493 e. The summed E-state index contributed by atoms with van der Waals surface area (Å²) in [7, 11) is 0. The Kier molecular flexibility index (Phi) is 11.9. The second-order valence-corrected chi connectivity index (χ2v) is 16.9. The fraction of sp³-hybridized carbons (Fsp3) is 0.465. The molecule has 3 aromatic rings. The number of thiocarbonyl (C=S) groups is 1. The van der Waals surface area contributed by atoms with Crippen LogP contribution in [0.5, 0.6) is 5.75 Å². The van der Waals surface area contributed by atoms with E-state index in [4.69, 9.17) is 17.0 Å². The number of nitrogens with zero attached hydrogens (tertiary/aromatic N) is 5. The lowest BCUT2D eigenvalue weighted by molar-refractivity contribution is -0.138. The van der Waals surface area contributed by atoms with E-state index >= 15 is 0 Å². The Morgan fingerprint density at radius 3 is 2.52 bits per heavy atom. The smallest absolute Gasteiger partial charge is 0.419 e. The van der Waals surface area contributed by atoms with E-state index < -0.39 is 34.9 Å². The summed E-state index contributed by atoms with van der Waals surface area (Å²) in [4.78, 5) is 59.6. The quantitative estimate of drug-likeness (QED) is 0.131. The Bertz CT molecular complexity index is 2260. The van der Waals surface area contributed by atoms with Crippen LogP contribution in [0.2, 0.25) is 0 Å². The van der Waals surface area contributed by atoms with Crippen LogP contribution in [-0.2, 0) is 31.8 Å². The lowest BCUT2D eigenvalue weighted by atomic mass is 9.75. The molecule has 7 rings (SSSR count). The van der Waals surface area contributed by atoms with Crippen molar-refractivity contribution in [3.63, 3.8) is 0 Å². The summed E-state index contributed by atoms with van der Waals surface area (Å²) in [5, 5.41) is 17.7. The molecule has 4 fully saturated rings. The molecular weight excluding hydrogens is 798 g/mol. The van der Waals surface area contributed by atoms with Crippen molar-refractivity contribution >= 4 is 63.7 Å². The van der Waals surface area contributed by atoms with Crippen molar-refractivity contribution in [1.29, 1.82) is 5.26 Å². The molecule has 316 valence electrons. The molecule has 1 spiro atoms. The molecule has 2 atom stereocenters. The highest BCUT2D eigenvalue weighted by Gasteiger charge is 2.60. The monoisotopic (exact) mass is 844 g/mol. The highest BCUT2D eigenvalue weighted by molar-refractivity contribution is 7.81. The molecule has 1 aliphatic carbocycles. The van der Waals surface area contributed by atoms with E-state index in [1.165, 1.54) is 6.07 Å². The molecule has 17 heteroatoms. The van der Waals surface area contributed by atoms with Gasteiger partial charge in [-0.2, -0.15) is 18.4 Å². The summed E-state index contributed by atoms with van der Waals surface area (Å²) in [5.41, 5.74) is -0.602. The number of halogens is 3. The molecule has 3 saturated heterocycles. The summed E-state index contributed by atoms with van der Waals surface area (Å²) >= 11 is 5.80. The van der Waals surface area contributed by atoms with Gasteiger partial charge in [-0.05, 0) is 138 Å². The fourth-order valence-corrected chi connectivity index (χ4v) is 9.23. The fourth-order valence-electron chi connectivity index (χ4n) is 8.76. The van der Waals surface area contributed by atoms with Crippen molar-refractivity contribution in [3.05, 3.63) is 71.5 Å². The molecule has 3 aliphatic heterocycles. The summed E-state index contributed by atoms with van der Waals surface area (Å²) < 4.78 is 47.8. The maximum absolute atomic E-state index is 14.0. The van der Waals surface area contributed by atoms with Gasteiger partial charge in [0, 0.05) is 29.0 Å². The molecule has 0 bridgehead atoms. The third-order valence-corrected chi connectivity index (χ3v) is 12.5. The third-order valence-electron chi connectivity index (χ3n) is 12.1. The van der Waals surface area contributed by atoms with Crippen LogP contribution in [-0.4, -0.2) is 75.4 Å². The largest absolute Gasteiger partial charge is 0.493 e. The first kappa shape index (κ1) is 42.5. The number of aromatic nitrogens is 1. The van der Waals surface area contributed by atoms with Gasteiger partial charge in [-0.25, -0.2) is 4.98 Å². The Hall–Kier alpha value is -5.60. The Morgan fingerprint density at radius 2 is 1.85 bits per heavy atom. The number of anilines is 4. The number of carbonyl (C=O) groups excluding carboxylic acids is 4. The normalized spacial score (nSPS) is 21.4. The van der Waals surface area contributed by atoms with Gasteiger partial charge in [0.15, 0.2) is 10.8 Å². The lowest BCUT2D eigenvalue weighted by Gasteiger charge is -2.45. The van der Waals surface area contributed by atoms with Crippen molar-refractivity contribution in [2.24, 2.45) is 5.92 Å². The molecule has 4 aliphatic rings. The zero-order valence-electron chi connectivity index (χ0n) is 33.7. The summed E-state index contributed by atoms with van der Waals surface area (Å²) in [6.07, 6.45) is 1.81. The van der Waals surface area contributed by atoms with Gasteiger partial charge in [0.25, 0.3) is 5.91 Å². The van der Waals surface area contributed by atoms with E-state index in [2.05, 4.69) is 39.7 Å². The Labute approximate surface area is 351 Å². The minimum atomic E-state index is -4.85. The standard InChI is InChI=1S/C43H47F3N8O5S/c1-4-27-19-30(54-40(60)53(39(58)42(54)15-6-16-42)31-21-32(43(44,45)46)34(23-47)48-24-31)9-11-35(27)59-18-14-26-13-17-52(41(2,3)22-26)25-37(56)50-29-8-5-7-28(20-29)49-33-10-12-36(55)51-38(33)57/h5,7-9,11,19-21,24,26,33,49H,4,6,10,12-18,22,25H2,1-3H3,(H,50,56)(H,51,55,57)/t26-,33?/m0/s1. The molecule has 13 nitrogen and oxygen atoms in total. The van der Waals surface area contributed by atoms with Gasteiger partial charge < -0.3 is 20.3 Å². The molecular formula is C43H47F3N8O5S. The number of benzene rings is 2. The zero-order chi connectivity index (χ0) is 43.0. The number of ether oxygens (including phenoxy) is 1. The number of alkyl halides is 3. The van der Waals surface area contributed by atoms with Gasteiger partial charge in [-0.15, -0.1) is 0 Å². The molecule has 2 aromatic carbocycles. The number of amides is 4. The van der Waals surface area contributed by atoms with Crippen molar-refractivity contribution < 1.29 is 37.1 Å². The van der Waals surface area contributed by atoms with Crippen molar-refractivity contribution in [1.82, 2.24) is 15.2 Å². The molecule has 4 heterocycles. The number of nitrogens with one attached hydrogen (secondary N) is 3. The summed E-state index contributed by atoms with van der Waals surface area (Å²) in [5.74, 6) is -0.141. The highest BCUT2D eigenvalue weighted by atomic mass is 32.1. The minimum absolute atomic E-state index is 0.0510. The predicted molar refractivity (Wildman–Crippen MR) is 222 cm³/mol. The highest BCUT2D eigenvalue weighted by Crippen LogP contribution is 2.49. The number of hydrogen-bond acceptors (Lipinski definition) is 10. The first-order chi connectivity index (χ1) is 28.5. The number of rotatable bonds is 12. The molecule has 1 aromatic heterocycles. The van der Waals surface area contributed by atoms with Crippen LogP contribution in [0.1, 0.15) is 89.0 Å². The van der Waals surface area contributed by atoms with Crippen molar-refractivity contribution in [2.45, 2.75) is 102 Å². The second-order valence-electron chi connectivity index (χ2n) is 16.5. The van der Waals surface area contributed by atoms with Gasteiger partial charge in [-0.3, -0.25) is 34.3 Å². The number of nitriles is 1. The van der Waals surface area contributed by atoms with Crippen molar-refractivity contribution in [2.75, 3.05) is 40.1 Å². The Balaban J connectivity index is 0.941. The molecule has 0 radical (unpaired) electrons. The number of aryl methyl sites for hydroxylation is 1. The molecule has 1 saturated carbocycles. The maximum Gasteiger partial charge on any atom is 0.419 e. The zero-order valence-corrected chi connectivity index (χ0v) is 34.5. The van der Waals surface area contributed by atoms with E-state index in [9.17, 15) is 37.6 Å². The van der Waals surface area contributed by atoms with Crippen LogP contribution in [0.4, 0.5) is 35.9 Å². The first-order valence-corrected chi connectivity index (χ1v) is 20.6.